The maximum Gasteiger partial charge on any atom is 0.242 e. The standard InChI is InChI=1S/C13H22N2O3S/c1-4-9-14-19(17,18)13-8-6-5-7-12(13)15(3)10-11(2)16/h5-8,11,14,16H,4,9-10H2,1-3H3. The van der Waals surface area contributed by atoms with E-state index in [1.54, 1.807) is 43.1 Å². The molecule has 0 aromatic heterocycles. The van der Waals surface area contributed by atoms with E-state index in [1.807, 2.05) is 6.92 Å². The quantitative estimate of drug-likeness (QED) is 0.790. The summed E-state index contributed by atoms with van der Waals surface area (Å²) in [7, 11) is -1.74. The van der Waals surface area contributed by atoms with Gasteiger partial charge in [-0.1, -0.05) is 19.1 Å². The second kappa shape index (κ2) is 6.88. The summed E-state index contributed by atoms with van der Waals surface area (Å²) >= 11 is 0. The summed E-state index contributed by atoms with van der Waals surface area (Å²) in [5.74, 6) is 0. The molecule has 1 aromatic rings. The van der Waals surface area contributed by atoms with Gasteiger partial charge in [-0.3, -0.25) is 0 Å². The lowest BCUT2D eigenvalue weighted by Crippen LogP contribution is -2.30. The molecule has 108 valence electrons. The lowest BCUT2D eigenvalue weighted by Gasteiger charge is -2.23. The van der Waals surface area contributed by atoms with Crippen molar-refractivity contribution in [1.29, 1.82) is 0 Å². The first-order valence-electron chi connectivity index (χ1n) is 6.36. The van der Waals surface area contributed by atoms with Crippen LogP contribution in [0.3, 0.4) is 0 Å². The van der Waals surface area contributed by atoms with Gasteiger partial charge in [-0.05, 0) is 25.5 Å². The van der Waals surface area contributed by atoms with E-state index in [9.17, 15) is 13.5 Å². The van der Waals surface area contributed by atoms with Crippen molar-refractivity contribution in [3.05, 3.63) is 24.3 Å². The molecule has 0 spiro atoms. The number of hydrogen-bond acceptors (Lipinski definition) is 4. The molecule has 1 atom stereocenters. The predicted octanol–water partition coefficient (Wildman–Crippen LogP) is 1.19. The minimum atomic E-state index is -3.51. The van der Waals surface area contributed by atoms with Gasteiger partial charge >= 0.3 is 0 Å². The SMILES string of the molecule is CCCNS(=O)(=O)c1ccccc1N(C)CC(C)O. The number of hydrogen-bond donors (Lipinski definition) is 2. The van der Waals surface area contributed by atoms with Gasteiger partial charge in [0, 0.05) is 20.1 Å². The number of likely N-dealkylation sites (N-methyl/N-ethyl adjacent to an activating group) is 1. The molecule has 0 radical (unpaired) electrons. The Morgan fingerprint density at radius 3 is 2.58 bits per heavy atom. The molecule has 0 amide bonds. The van der Waals surface area contributed by atoms with Gasteiger partial charge in [0.1, 0.15) is 4.90 Å². The molecule has 0 saturated carbocycles. The topological polar surface area (TPSA) is 69.6 Å². The van der Waals surface area contributed by atoms with Crippen LogP contribution in [-0.2, 0) is 10.0 Å². The highest BCUT2D eigenvalue weighted by Gasteiger charge is 2.19. The third-order valence-corrected chi connectivity index (χ3v) is 4.15. The van der Waals surface area contributed by atoms with Crippen molar-refractivity contribution in [3.63, 3.8) is 0 Å². The van der Waals surface area contributed by atoms with Crippen LogP contribution in [0.15, 0.2) is 29.2 Å². The van der Waals surface area contributed by atoms with Crippen LogP contribution in [0, 0.1) is 0 Å². The van der Waals surface area contributed by atoms with E-state index in [1.165, 1.54) is 0 Å². The van der Waals surface area contributed by atoms with E-state index in [-0.39, 0.29) is 4.90 Å². The van der Waals surface area contributed by atoms with Crippen LogP contribution >= 0.6 is 0 Å². The smallest absolute Gasteiger partial charge is 0.242 e. The first-order chi connectivity index (χ1) is 8.88. The number of nitrogens with one attached hydrogen (secondary N) is 1. The molecule has 0 aliphatic rings. The second-order valence-electron chi connectivity index (χ2n) is 4.60. The molecule has 0 saturated heterocycles. The maximum absolute atomic E-state index is 12.2. The number of anilines is 1. The lowest BCUT2D eigenvalue weighted by atomic mass is 10.2. The van der Waals surface area contributed by atoms with Crippen molar-refractivity contribution in [2.45, 2.75) is 31.3 Å². The Kier molecular flexibility index (Phi) is 5.78. The van der Waals surface area contributed by atoms with Gasteiger partial charge in [-0.25, -0.2) is 13.1 Å². The predicted molar refractivity (Wildman–Crippen MR) is 76.9 cm³/mol. The number of rotatable bonds is 7. The van der Waals surface area contributed by atoms with Crippen LogP contribution in [0.4, 0.5) is 5.69 Å². The Morgan fingerprint density at radius 2 is 2.00 bits per heavy atom. The van der Waals surface area contributed by atoms with E-state index in [2.05, 4.69) is 4.72 Å². The summed E-state index contributed by atoms with van der Waals surface area (Å²) in [6, 6.07) is 6.79. The van der Waals surface area contributed by atoms with Crippen molar-refractivity contribution < 1.29 is 13.5 Å². The first-order valence-corrected chi connectivity index (χ1v) is 7.84. The maximum atomic E-state index is 12.2. The molecule has 0 fully saturated rings. The minimum absolute atomic E-state index is 0.242. The molecule has 1 unspecified atom stereocenters. The van der Waals surface area contributed by atoms with E-state index < -0.39 is 16.1 Å². The third kappa shape index (κ3) is 4.49. The van der Waals surface area contributed by atoms with Gasteiger partial charge in [0.05, 0.1) is 11.8 Å². The number of aliphatic hydroxyl groups excluding tert-OH is 1. The highest BCUT2D eigenvalue weighted by molar-refractivity contribution is 7.89. The fraction of sp³-hybridized carbons (Fsp3) is 0.538. The van der Waals surface area contributed by atoms with E-state index in [4.69, 9.17) is 0 Å². The summed E-state index contributed by atoms with van der Waals surface area (Å²) in [5, 5.41) is 9.41. The number of benzene rings is 1. The van der Waals surface area contributed by atoms with Gasteiger partial charge in [0.15, 0.2) is 0 Å². The summed E-state index contributed by atoms with van der Waals surface area (Å²) in [5.41, 5.74) is 0.590. The molecule has 19 heavy (non-hydrogen) atoms. The van der Waals surface area contributed by atoms with E-state index in [0.717, 1.165) is 6.42 Å². The lowest BCUT2D eigenvalue weighted by molar-refractivity contribution is 0.201. The van der Waals surface area contributed by atoms with E-state index in [0.29, 0.717) is 18.8 Å². The van der Waals surface area contributed by atoms with Crippen molar-refractivity contribution in [2.24, 2.45) is 0 Å². The molecule has 0 bridgehead atoms. The molecule has 2 N–H and O–H groups in total. The van der Waals surface area contributed by atoms with Gasteiger partial charge in [-0.15, -0.1) is 0 Å². The normalized spacial score (nSPS) is 13.3. The summed E-state index contributed by atoms with van der Waals surface area (Å²) in [6.07, 6.45) is 0.217. The zero-order valence-corrected chi connectivity index (χ0v) is 12.4. The van der Waals surface area contributed by atoms with Crippen LogP contribution in [0.2, 0.25) is 0 Å². The average Bonchev–Trinajstić information content (AvgIpc) is 2.35. The highest BCUT2D eigenvalue weighted by atomic mass is 32.2. The minimum Gasteiger partial charge on any atom is -0.392 e. The summed E-state index contributed by atoms with van der Waals surface area (Å²) < 4.78 is 27.0. The Labute approximate surface area is 115 Å². The van der Waals surface area contributed by atoms with Crippen molar-refractivity contribution in [2.75, 3.05) is 25.0 Å². The molecular weight excluding hydrogens is 264 g/mol. The van der Waals surface area contributed by atoms with Crippen LogP contribution in [-0.4, -0.2) is 39.8 Å². The van der Waals surface area contributed by atoms with Gasteiger partial charge in [-0.2, -0.15) is 0 Å². The molecule has 0 aliphatic heterocycles. The first kappa shape index (κ1) is 15.9. The molecule has 1 aromatic carbocycles. The van der Waals surface area contributed by atoms with Crippen LogP contribution < -0.4 is 9.62 Å². The molecule has 1 rings (SSSR count). The monoisotopic (exact) mass is 286 g/mol. The highest BCUT2D eigenvalue weighted by Crippen LogP contribution is 2.24. The third-order valence-electron chi connectivity index (χ3n) is 2.65. The number of sulfonamides is 1. The van der Waals surface area contributed by atoms with Crippen molar-refractivity contribution in [1.82, 2.24) is 4.72 Å². The van der Waals surface area contributed by atoms with Crippen LogP contribution in [0.1, 0.15) is 20.3 Å². The Hall–Kier alpha value is -1.11. The van der Waals surface area contributed by atoms with Gasteiger partial charge in [0.25, 0.3) is 0 Å². The number of nitrogens with zero attached hydrogens (tertiary/aromatic N) is 1. The molecular formula is C13H22N2O3S. The zero-order valence-electron chi connectivity index (χ0n) is 11.6. The largest absolute Gasteiger partial charge is 0.392 e. The molecule has 5 nitrogen and oxygen atoms in total. The van der Waals surface area contributed by atoms with Crippen LogP contribution in [0.5, 0.6) is 0 Å². The average molecular weight is 286 g/mol. The Morgan fingerprint density at radius 1 is 1.37 bits per heavy atom. The summed E-state index contributed by atoms with van der Waals surface area (Å²) in [4.78, 5) is 1.98. The van der Waals surface area contributed by atoms with E-state index >= 15 is 0 Å². The summed E-state index contributed by atoms with van der Waals surface area (Å²) in [6.45, 7) is 4.37. The number of aliphatic hydroxyl groups is 1. The molecule has 0 heterocycles. The molecule has 0 aliphatic carbocycles. The van der Waals surface area contributed by atoms with Crippen molar-refractivity contribution >= 4 is 15.7 Å². The number of para-hydroxylation sites is 1. The van der Waals surface area contributed by atoms with Crippen molar-refractivity contribution in [3.8, 4) is 0 Å². The van der Waals surface area contributed by atoms with Crippen LogP contribution in [0.25, 0.3) is 0 Å². The Balaban J connectivity index is 3.08. The molecule has 6 heteroatoms. The second-order valence-corrected chi connectivity index (χ2v) is 6.33. The van der Waals surface area contributed by atoms with Gasteiger partial charge in [0.2, 0.25) is 10.0 Å². The Bertz CT molecular complexity index is 500. The zero-order chi connectivity index (χ0) is 14.5. The fourth-order valence-electron chi connectivity index (χ4n) is 1.81. The fourth-order valence-corrected chi connectivity index (χ4v) is 3.19. The van der Waals surface area contributed by atoms with Gasteiger partial charge < -0.3 is 10.0 Å².